The summed E-state index contributed by atoms with van der Waals surface area (Å²) in [6, 6.07) is 6.48. The Labute approximate surface area is 117 Å². The standard InChI is InChI=1S/C14H15NO4S/c1-10-2-4-11(5-3-10)20(18,19)9-15-8-12-13(16)6-7-14(12)17/h2-5,8,16H,6-7,9H2,1H3/b15-8+. The summed E-state index contributed by atoms with van der Waals surface area (Å²) in [6.07, 6.45) is 1.69. The molecule has 1 aliphatic carbocycles. The predicted octanol–water partition coefficient (Wildman–Crippen LogP) is 1.97. The second-order valence-electron chi connectivity index (χ2n) is 4.65. The van der Waals surface area contributed by atoms with Crippen LogP contribution in [0, 0.1) is 6.92 Å². The maximum absolute atomic E-state index is 12.0. The molecule has 1 aliphatic rings. The summed E-state index contributed by atoms with van der Waals surface area (Å²) in [5.41, 5.74) is 1.09. The number of aliphatic hydroxyl groups is 1. The number of nitrogens with zero attached hydrogens (tertiary/aromatic N) is 1. The highest BCUT2D eigenvalue weighted by molar-refractivity contribution is 7.91. The lowest BCUT2D eigenvalue weighted by atomic mass is 10.2. The van der Waals surface area contributed by atoms with Crippen molar-refractivity contribution in [2.75, 3.05) is 5.88 Å². The van der Waals surface area contributed by atoms with Gasteiger partial charge in [-0.1, -0.05) is 17.7 Å². The fourth-order valence-electron chi connectivity index (χ4n) is 1.86. The third-order valence-corrected chi connectivity index (χ3v) is 4.52. The van der Waals surface area contributed by atoms with Gasteiger partial charge in [-0.3, -0.25) is 9.79 Å². The highest BCUT2D eigenvalue weighted by Gasteiger charge is 2.21. The molecule has 0 heterocycles. The van der Waals surface area contributed by atoms with E-state index in [4.69, 9.17) is 0 Å². The molecule has 0 aliphatic heterocycles. The minimum atomic E-state index is -3.52. The molecule has 0 fully saturated rings. The Balaban J connectivity index is 2.12. The lowest BCUT2D eigenvalue weighted by Crippen LogP contribution is -2.06. The van der Waals surface area contributed by atoms with Crippen molar-refractivity contribution in [2.24, 2.45) is 4.99 Å². The van der Waals surface area contributed by atoms with Gasteiger partial charge in [-0.05, 0) is 19.1 Å². The minimum absolute atomic E-state index is 0.0218. The number of benzene rings is 1. The van der Waals surface area contributed by atoms with E-state index >= 15 is 0 Å². The molecule has 0 aromatic heterocycles. The van der Waals surface area contributed by atoms with Gasteiger partial charge in [-0.25, -0.2) is 8.42 Å². The van der Waals surface area contributed by atoms with Gasteiger partial charge in [0.1, 0.15) is 11.6 Å². The number of rotatable bonds is 4. The van der Waals surface area contributed by atoms with Crippen molar-refractivity contribution in [1.29, 1.82) is 0 Å². The molecule has 0 atom stereocenters. The van der Waals surface area contributed by atoms with Crippen molar-refractivity contribution in [1.82, 2.24) is 0 Å². The van der Waals surface area contributed by atoms with E-state index in [2.05, 4.69) is 4.99 Å². The second-order valence-corrected chi connectivity index (χ2v) is 6.61. The molecule has 6 heteroatoms. The summed E-state index contributed by atoms with van der Waals surface area (Å²) < 4.78 is 24.0. The van der Waals surface area contributed by atoms with Crippen LogP contribution in [-0.4, -0.2) is 31.4 Å². The monoisotopic (exact) mass is 293 g/mol. The van der Waals surface area contributed by atoms with Crippen molar-refractivity contribution in [2.45, 2.75) is 24.7 Å². The van der Waals surface area contributed by atoms with Crippen molar-refractivity contribution in [3.05, 3.63) is 41.2 Å². The number of carbonyl (C=O) groups excluding carboxylic acids is 1. The maximum Gasteiger partial charge on any atom is 0.198 e. The summed E-state index contributed by atoms with van der Waals surface area (Å²) in [6.45, 7) is 1.87. The Morgan fingerprint density at radius 2 is 1.90 bits per heavy atom. The van der Waals surface area contributed by atoms with Gasteiger partial charge in [0.05, 0.1) is 10.5 Å². The molecule has 0 radical (unpaired) electrons. The topological polar surface area (TPSA) is 83.8 Å². The van der Waals surface area contributed by atoms with Crippen LogP contribution in [0.5, 0.6) is 0 Å². The number of aliphatic hydroxyl groups excluding tert-OH is 1. The van der Waals surface area contributed by atoms with E-state index in [1.807, 2.05) is 6.92 Å². The number of hydrogen-bond donors (Lipinski definition) is 1. The fraction of sp³-hybridized carbons (Fsp3) is 0.286. The normalized spacial score (nSPS) is 16.4. The molecule has 2 rings (SSSR count). The molecule has 1 aromatic carbocycles. The van der Waals surface area contributed by atoms with E-state index in [0.29, 0.717) is 6.42 Å². The molecule has 1 N–H and O–H groups in total. The van der Waals surface area contributed by atoms with E-state index in [0.717, 1.165) is 11.8 Å². The molecule has 106 valence electrons. The van der Waals surface area contributed by atoms with Gasteiger partial charge in [0.15, 0.2) is 15.6 Å². The molecule has 0 saturated heterocycles. The zero-order chi connectivity index (χ0) is 14.8. The van der Waals surface area contributed by atoms with Crippen LogP contribution in [0.2, 0.25) is 0 Å². The smallest absolute Gasteiger partial charge is 0.198 e. The van der Waals surface area contributed by atoms with Gasteiger partial charge >= 0.3 is 0 Å². The first-order valence-electron chi connectivity index (χ1n) is 6.15. The molecule has 0 bridgehead atoms. The predicted molar refractivity (Wildman–Crippen MR) is 75.6 cm³/mol. The first kappa shape index (κ1) is 14.5. The van der Waals surface area contributed by atoms with E-state index in [-0.39, 0.29) is 28.4 Å². The summed E-state index contributed by atoms with van der Waals surface area (Å²) in [4.78, 5) is 15.4. The van der Waals surface area contributed by atoms with Crippen LogP contribution < -0.4 is 0 Å². The summed E-state index contributed by atoms with van der Waals surface area (Å²) in [7, 11) is -3.52. The van der Waals surface area contributed by atoms with Crippen LogP contribution in [0.25, 0.3) is 0 Å². The molecule has 20 heavy (non-hydrogen) atoms. The average molecular weight is 293 g/mol. The van der Waals surface area contributed by atoms with Crippen molar-refractivity contribution in [3.8, 4) is 0 Å². The van der Waals surface area contributed by atoms with Crippen LogP contribution >= 0.6 is 0 Å². The zero-order valence-electron chi connectivity index (χ0n) is 11.0. The van der Waals surface area contributed by atoms with E-state index < -0.39 is 15.7 Å². The van der Waals surface area contributed by atoms with Gasteiger partial charge in [0.25, 0.3) is 0 Å². The second kappa shape index (κ2) is 5.58. The molecule has 0 spiro atoms. The molecule has 0 amide bonds. The Bertz CT molecular complexity index is 684. The van der Waals surface area contributed by atoms with Crippen molar-refractivity contribution >= 4 is 21.8 Å². The minimum Gasteiger partial charge on any atom is -0.511 e. The maximum atomic E-state index is 12.0. The Morgan fingerprint density at radius 1 is 1.25 bits per heavy atom. The highest BCUT2D eigenvalue weighted by atomic mass is 32.2. The molecule has 1 aromatic rings. The molecule has 0 unspecified atom stereocenters. The van der Waals surface area contributed by atoms with Crippen LogP contribution in [0.1, 0.15) is 18.4 Å². The third-order valence-electron chi connectivity index (χ3n) is 3.05. The van der Waals surface area contributed by atoms with Gasteiger partial charge in [0.2, 0.25) is 0 Å². The highest BCUT2D eigenvalue weighted by Crippen LogP contribution is 2.19. The largest absolute Gasteiger partial charge is 0.511 e. The van der Waals surface area contributed by atoms with Crippen LogP contribution in [-0.2, 0) is 14.6 Å². The molecule has 0 saturated carbocycles. The average Bonchev–Trinajstić information content (AvgIpc) is 2.71. The van der Waals surface area contributed by atoms with Crippen LogP contribution in [0.3, 0.4) is 0 Å². The van der Waals surface area contributed by atoms with Gasteiger partial charge in [0, 0.05) is 19.1 Å². The Morgan fingerprint density at radius 3 is 2.45 bits per heavy atom. The number of sulfone groups is 1. The van der Waals surface area contributed by atoms with E-state index in [1.165, 1.54) is 12.1 Å². The molecular formula is C14H15NO4S. The van der Waals surface area contributed by atoms with E-state index in [1.54, 1.807) is 12.1 Å². The number of Topliss-reactive ketones (excluding diaryl/α,β-unsaturated/α-hetero) is 1. The number of carbonyl (C=O) groups is 1. The Kier molecular flexibility index (Phi) is 4.04. The van der Waals surface area contributed by atoms with Gasteiger partial charge in [-0.2, -0.15) is 0 Å². The zero-order valence-corrected chi connectivity index (χ0v) is 11.9. The van der Waals surface area contributed by atoms with Gasteiger partial charge in [-0.15, -0.1) is 0 Å². The number of allylic oxidation sites excluding steroid dienone is 2. The van der Waals surface area contributed by atoms with Crippen LogP contribution in [0.4, 0.5) is 0 Å². The number of aliphatic imine (C=N–C) groups is 1. The Hall–Kier alpha value is -1.95. The number of ketones is 1. The summed E-state index contributed by atoms with van der Waals surface area (Å²) in [5, 5.41) is 9.45. The van der Waals surface area contributed by atoms with Crippen LogP contribution in [0.15, 0.2) is 45.5 Å². The summed E-state index contributed by atoms with van der Waals surface area (Å²) in [5.74, 6) is -0.675. The lowest BCUT2D eigenvalue weighted by Gasteiger charge is -2.01. The third kappa shape index (κ3) is 3.14. The first-order valence-corrected chi connectivity index (χ1v) is 7.80. The van der Waals surface area contributed by atoms with Crippen molar-refractivity contribution < 1.29 is 18.3 Å². The number of aryl methyl sites for hydroxylation is 1. The van der Waals surface area contributed by atoms with Crippen molar-refractivity contribution in [3.63, 3.8) is 0 Å². The summed E-state index contributed by atoms with van der Waals surface area (Å²) >= 11 is 0. The fourth-order valence-corrected chi connectivity index (χ4v) is 2.83. The number of hydrogen-bond acceptors (Lipinski definition) is 5. The lowest BCUT2D eigenvalue weighted by molar-refractivity contribution is -0.114. The first-order chi connectivity index (χ1) is 9.40. The van der Waals surface area contributed by atoms with E-state index in [9.17, 15) is 18.3 Å². The molecular weight excluding hydrogens is 278 g/mol. The van der Waals surface area contributed by atoms with Gasteiger partial charge < -0.3 is 5.11 Å². The molecule has 5 nitrogen and oxygen atoms in total. The quantitative estimate of drug-likeness (QED) is 0.860. The SMILES string of the molecule is Cc1ccc(S(=O)(=O)C/N=C/C2=C(O)CCC2=O)cc1.